The van der Waals surface area contributed by atoms with E-state index in [9.17, 15) is 5.21 Å². The number of allylic oxidation sites excluding steroid dienone is 4. The molecule has 1 heterocycles. The molecule has 5 rings (SSSR count). The van der Waals surface area contributed by atoms with Crippen LogP contribution in [0.15, 0.2) is 91.0 Å². The van der Waals surface area contributed by atoms with E-state index in [0.717, 1.165) is 19.8 Å². The zero-order valence-corrected chi connectivity index (χ0v) is 32.9. The van der Waals surface area contributed by atoms with Crippen LogP contribution in [0, 0.1) is 14.2 Å². The number of hydroxylamine groups is 2. The monoisotopic (exact) mass is 913 g/mol. The summed E-state index contributed by atoms with van der Waals surface area (Å²) in [5.74, 6) is 0.679. The van der Waals surface area contributed by atoms with Crippen molar-refractivity contribution in [3.05, 3.63) is 117 Å². The maximum absolute atomic E-state index is 12.3. The molecule has 1 aliphatic heterocycles. The number of nitrogens with zero attached hydrogens (tertiary/aromatic N) is 1. The zero-order chi connectivity index (χ0) is 30.8. The van der Waals surface area contributed by atoms with Gasteiger partial charge in [0.15, 0.2) is 0 Å². The zero-order valence-electron chi connectivity index (χ0n) is 26.4. The van der Waals surface area contributed by atoms with Crippen LogP contribution in [0.25, 0.3) is 16.8 Å². The summed E-state index contributed by atoms with van der Waals surface area (Å²) in [7, 11) is 0. The van der Waals surface area contributed by atoms with Crippen molar-refractivity contribution < 1.29 is 21.2 Å². The Bertz CT molecular complexity index is 1550. The molecule has 232 valence electrons. The van der Waals surface area contributed by atoms with E-state index in [4.69, 9.17) is 0 Å². The van der Waals surface area contributed by atoms with Crippen molar-refractivity contribution in [2.75, 3.05) is 14.4 Å². The van der Waals surface area contributed by atoms with Gasteiger partial charge in [-0.1, -0.05) is 0 Å². The number of halogens is 3. The summed E-state index contributed by atoms with van der Waals surface area (Å²) >= 11 is -1.72. The summed E-state index contributed by atoms with van der Waals surface area (Å²) in [6, 6.07) is 22.3. The molecule has 0 bridgehead atoms. The molecular formula is C38H46I3NO-2. The van der Waals surface area contributed by atoms with E-state index in [1.807, 2.05) is 4.14 Å². The average Bonchev–Trinajstić information content (AvgIpc) is 3.19. The van der Waals surface area contributed by atoms with Crippen molar-refractivity contribution in [3.8, 4) is 0 Å². The molecule has 1 fully saturated rings. The molecule has 0 aromatic heterocycles. The maximum atomic E-state index is 12.3. The van der Waals surface area contributed by atoms with Gasteiger partial charge in [0.1, 0.15) is 0 Å². The predicted molar refractivity (Wildman–Crippen MR) is 203 cm³/mol. The van der Waals surface area contributed by atoms with E-state index >= 15 is 0 Å². The molecule has 0 radical (unpaired) electrons. The first-order valence-electron chi connectivity index (χ1n) is 15.1. The van der Waals surface area contributed by atoms with Gasteiger partial charge in [-0.15, -0.1) is 0 Å². The topological polar surface area (TPSA) is 26.3 Å². The fourth-order valence-corrected chi connectivity index (χ4v) is 20.1. The van der Waals surface area contributed by atoms with E-state index in [1.54, 1.807) is 5.56 Å². The predicted octanol–water partition coefficient (Wildman–Crippen LogP) is 7.50. The Morgan fingerprint density at radius 2 is 1.86 bits per heavy atom. The van der Waals surface area contributed by atoms with E-state index < -0.39 is 41.0 Å². The molecule has 43 heavy (non-hydrogen) atoms. The van der Waals surface area contributed by atoms with Crippen LogP contribution in [0.5, 0.6) is 0 Å². The van der Waals surface area contributed by atoms with Crippen LogP contribution in [0.1, 0.15) is 69.6 Å². The second kappa shape index (κ2) is 14.3. The Morgan fingerprint density at radius 1 is 1.12 bits per heavy atom. The van der Waals surface area contributed by atoms with Gasteiger partial charge in [0, 0.05) is 0 Å². The fraction of sp³-hybridized carbons (Fsp3) is 0.395. The van der Waals surface area contributed by atoms with Crippen LogP contribution < -0.4 is 21.2 Å². The Balaban J connectivity index is 1.27. The van der Waals surface area contributed by atoms with Gasteiger partial charge in [-0.2, -0.15) is 0 Å². The molecule has 0 spiro atoms. The van der Waals surface area contributed by atoms with Crippen LogP contribution >= 0.6 is 40.6 Å². The molecule has 3 unspecified atom stereocenters. The summed E-state index contributed by atoms with van der Waals surface area (Å²) in [6.07, 6.45) is 13.3. The molecule has 3 aromatic rings. The van der Waals surface area contributed by atoms with Gasteiger partial charge in [-0.25, -0.2) is 0 Å². The third-order valence-corrected chi connectivity index (χ3v) is 21.4. The number of benzene rings is 3. The van der Waals surface area contributed by atoms with Gasteiger partial charge in [0.05, 0.1) is 0 Å². The van der Waals surface area contributed by atoms with Crippen LogP contribution in [-0.4, -0.2) is 31.5 Å². The van der Waals surface area contributed by atoms with E-state index in [1.165, 1.54) is 43.4 Å². The molecule has 0 amide bonds. The first kappa shape index (κ1) is 33.5. The Morgan fingerprint density at radius 3 is 2.65 bits per heavy atom. The Kier molecular flexibility index (Phi) is 11.1. The quantitative estimate of drug-likeness (QED) is 0.0498. The third-order valence-electron chi connectivity index (χ3n) is 9.51. The summed E-state index contributed by atoms with van der Waals surface area (Å²) in [5, 5.41) is 16.1. The number of unbranched alkanes of at least 4 members (excludes halogenated alkanes) is 1. The minimum absolute atomic E-state index is 0.140. The normalized spacial score (nSPS) is 22.4. The van der Waals surface area contributed by atoms with Crippen molar-refractivity contribution in [1.29, 1.82) is 0 Å². The van der Waals surface area contributed by atoms with Gasteiger partial charge in [0.25, 0.3) is 0 Å². The van der Waals surface area contributed by atoms with Gasteiger partial charge in [-0.05, 0) is 0 Å². The summed E-state index contributed by atoms with van der Waals surface area (Å²) in [4.78, 5) is 4.78. The van der Waals surface area contributed by atoms with Crippen molar-refractivity contribution >= 4 is 61.5 Å². The van der Waals surface area contributed by atoms with Crippen LogP contribution in [0.4, 0.5) is 0 Å². The Hall–Kier alpha value is -0.880. The molecule has 1 saturated heterocycles. The number of hydrogen-bond donors (Lipinski definition) is 0. The first-order valence-corrected chi connectivity index (χ1v) is 25.8. The third kappa shape index (κ3) is 6.96. The average molecular weight is 914 g/mol. The molecular weight excluding hydrogens is 867 g/mol. The number of rotatable bonds is 11. The van der Waals surface area contributed by atoms with E-state index in [0.29, 0.717) is 15.9 Å². The second-order valence-electron chi connectivity index (χ2n) is 12.9. The molecule has 5 heteroatoms. The van der Waals surface area contributed by atoms with Crippen LogP contribution in [-0.2, 0) is 5.41 Å². The summed E-state index contributed by atoms with van der Waals surface area (Å²) < 4.78 is 5.50. The Labute approximate surface area is 287 Å². The summed E-state index contributed by atoms with van der Waals surface area (Å²) in [5.41, 5.74) is 5.67. The van der Waals surface area contributed by atoms with Crippen LogP contribution in [0.3, 0.4) is 0 Å². The molecule has 3 aromatic carbocycles. The van der Waals surface area contributed by atoms with Gasteiger partial charge in [0.2, 0.25) is 0 Å². The molecule has 0 saturated carbocycles. The van der Waals surface area contributed by atoms with E-state index in [-0.39, 0.29) is 26.1 Å². The van der Waals surface area contributed by atoms with Crippen molar-refractivity contribution in [1.82, 2.24) is 5.06 Å². The van der Waals surface area contributed by atoms with Gasteiger partial charge >= 0.3 is 290 Å². The summed E-state index contributed by atoms with van der Waals surface area (Å²) in [6.45, 7) is 14.4. The minimum atomic E-state index is -1.14. The van der Waals surface area contributed by atoms with E-state index in [2.05, 4.69) is 129 Å². The SMILES string of the molecule is C=C(/C=C/CCCC1I(C)C2C=Cc3ccccc3C2C1(C)C)C(C)(C)c1c([I-]CN([O-])C=IC)ccc2ccccc12. The van der Waals surface area contributed by atoms with Crippen molar-refractivity contribution in [2.45, 2.75) is 66.1 Å². The molecule has 2 nitrogen and oxygen atoms in total. The first-order chi connectivity index (χ1) is 20.6. The molecule has 2 aliphatic rings. The van der Waals surface area contributed by atoms with Crippen molar-refractivity contribution in [2.24, 2.45) is 5.41 Å². The van der Waals surface area contributed by atoms with Crippen molar-refractivity contribution in [3.63, 3.8) is 0 Å². The standard InChI is InChI=1S/C38H46I3NO/c1-27(37(2,3)35-30-18-13-11-16-28(30)21-23-32(35)40-26-42(43)25-39-6)15-9-8-10-20-34-38(4,5)36-31-19-14-12-17-29(31)22-24-33(36)41(34)7/h9,11-19,21-25,33-34,36H,1,8,10,20,26H2,2-7H3/q-2/b15-9+. The van der Waals surface area contributed by atoms with Gasteiger partial charge < -0.3 is 0 Å². The van der Waals surface area contributed by atoms with Gasteiger partial charge in [-0.3, -0.25) is 0 Å². The molecule has 1 aliphatic carbocycles. The van der Waals surface area contributed by atoms with Crippen LogP contribution in [0.2, 0.25) is 0 Å². The number of alkyl halides is 5. The molecule has 3 atom stereocenters. The fourth-order valence-electron chi connectivity index (χ4n) is 7.17. The number of fused-ring (bicyclic) bond motifs is 4. The number of hydrogen-bond acceptors (Lipinski definition) is 2. The molecule has 0 N–H and O–H groups in total. The second-order valence-corrected chi connectivity index (χ2v) is 23.4.